The first-order valence-corrected chi connectivity index (χ1v) is 7.84. The molecule has 0 saturated carbocycles. The topological polar surface area (TPSA) is 72.8 Å². The lowest BCUT2D eigenvalue weighted by Gasteiger charge is -2.10. The minimum atomic E-state index is -0.930. The molecular formula is C18H24O5. The van der Waals surface area contributed by atoms with Crippen LogP contribution in [0.3, 0.4) is 0 Å². The highest BCUT2D eigenvalue weighted by Gasteiger charge is 2.11. The molecule has 0 atom stereocenters. The molecule has 0 amide bonds. The van der Waals surface area contributed by atoms with Crippen molar-refractivity contribution in [1.82, 2.24) is 0 Å². The van der Waals surface area contributed by atoms with Crippen LogP contribution >= 0.6 is 0 Å². The molecule has 0 aliphatic carbocycles. The molecule has 0 saturated heterocycles. The summed E-state index contributed by atoms with van der Waals surface area (Å²) in [5.41, 5.74) is 1.03. The molecule has 0 aliphatic heterocycles. The Morgan fingerprint density at radius 1 is 1.13 bits per heavy atom. The number of ether oxygens (including phenoxy) is 2. The number of benzene rings is 1. The number of carboxylic acids is 1. The van der Waals surface area contributed by atoms with Gasteiger partial charge < -0.3 is 14.6 Å². The fraction of sp³-hybridized carbons (Fsp3) is 0.444. The number of carbonyl (C=O) groups is 2. The van der Waals surface area contributed by atoms with Gasteiger partial charge in [-0.05, 0) is 36.6 Å². The summed E-state index contributed by atoms with van der Waals surface area (Å²) in [4.78, 5) is 22.9. The average Bonchev–Trinajstić information content (AvgIpc) is 2.53. The Hall–Kier alpha value is -2.30. The third-order valence-corrected chi connectivity index (χ3v) is 3.28. The number of hydrogen-bond acceptors (Lipinski definition) is 4. The second-order valence-electron chi connectivity index (χ2n) is 5.21. The third-order valence-electron chi connectivity index (χ3n) is 3.28. The van der Waals surface area contributed by atoms with E-state index in [4.69, 9.17) is 9.47 Å². The molecule has 0 unspecified atom stereocenters. The van der Waals surface area contributed by atoms with Crippen molar-refractivity contribution < 1.29 is 24.2 Å². The summed E-state index contributed by atoms with van der Waals surface area (Å²) in [6.45, 7) is 3.93. The minimum absolute atomic E-state index is 0.300. The SMILES string of the molecule is CCCCC(=O)Oc1ccc(/C=C(\CCC)C(=O)O)cc1OC. The molecule has 23 heavy (non-hydrogen) atoms. The van der Waals surface area contributed by atoms with Gasteiger partial charge in [-0.3, -0.25) is 4.79 Å². The standard InChI is InChI=1S/C18H24O5/c1-4-6-8-17(19)23-15-10-9-13(12-16(15)22-3)11-14(7-5-2)18(20)21/h9-12H,4-8H2,1-3H3,(H,20,21)/b14-11+. The van der Waals surface area contributed by atoms with Gasteiger partial charge in [0.1, 0.15) is 0 Å². The molecule has 0 bridgehead atoms. The van der Waals surface area contributed by atoms with Gasteiger partial charge in [0.05, 0.1) is 7.11 Å². The van der Waals surface area contributed by atoms with E-state index in [9.17, 15) is 14.7 Å². The van der Waals surface area contributed by atoms with Crippen LogP contribution in [-0.2, 0) is 9.59 Å². The van der Waals surface area contributed by atoms with Crippen LogP contribution in [0.4, 0.5) is 0 Å². The molecular weight excluding hydrogens is 296 g/mol. The van der Waals surface area contributed by atoms with Crippen LogP contribution in [0.1, 0.15) is 51.5 Å². The molecule has 0 aromatic heterocycles. The van der Waals surface area contributed by atoms with E-state index in [0.717, 1.165) is 19.3 Å². The second kappa shape index (κ2) is 9.66. The minimum Gasteiger partial charge on any atom is -0.493 e. The molecule has 0 radical (unpaired) electrons. The third kappa shape index (κ3) is 6.14. The van der Waals surface area contributed by atoms with Crippen molar-refractivity contribution in [3.05, 3.63) is 29.3 Å². The Morgan fingerprint density at radius 2 is 1.87 bits per heavy atom. The zero-order valence-electron chi connectivity index (χ0n) is 13.9. The number of methoxy groups -OCH3 is 1. The van der Waals surface area contributed by atoms with Gasteiger partial charge in [-0.1, -0.05) is 32.8 Å². The smallest absolute Gasteiger partial charge is 0.331 e. The quantitative estimate of drug-likeness (QED) is 0.422. The van der Waals surface area contributed by atoms with Gasteiger partial charge >= 0.3 is 11.9 Å². The predicted octanol–water partition coefficient (Wildman–Crippen LogP) is 4.06. The van der Waals surface area contributed by atoms with E-state index in [2.05, 4.69) is 0 Å². The number of carbonyl (C=O) groups excluding carboxylic acids is 1. The van der Waals surface area contributed by atoms with Crippen LogP contribution in [0.2, 0.25) is 0 Å². The Bertz CT molecular complexity index is 575. The average molecular weight is 320 g/mol. The van der Waals surface area contributed by atoms with Crippen molar-refractivity contribution in [2.24, 2.45) is 0 Å². The van der Waals surface area contributed by atoms with Crippen molar-refractivity contribution in [3.63, 3.8) is 0 Å². The van der Waals surface area contributed by atoms with Gasteiger partial charge in [0, 0.05) is 12.0 Å². The molecule has 0 spiro atoms. The van der Waals surface area contributed by atoms with E-state index in [0.29, 0.717) is 35.5 Å². The van der Waals surface area contributed by atoms with E-state index in [-0.39, 0.29) is 5.97 Å². The van der Waals surface area contributed by atoms with Crippen molar-refractivity contribution in [1.29, 1.82) is 0 Å². The lowest BCUT2D eigenvalue weighted by Crippen LogP contribution is -2.08. The van der Waals surface area contributed by atoms with E-state index in [1.165, 1.54) is 7.11 Å². The molecule has 5 nitrogen and oxygen atoms in total. The first-order valence-electron chi connectivity index (χ1n) is 7.84. The molecule has 1 rings (SSSR count). The largest absolute Gasteiger partial charge is 0.493 e. The van der Waals surface area contributed by atoms with Crippen molar-refractivity contribution >= 4 is 18.0 Å². The molecule has 1 aromatic carbocycles. The maximum atomic E-state index is 11.7. The molecule has 1 N–H and O–H groups in total. The summed E-state index contributed by atoms with van der Waals surface area (Å²) in [7, 11) is 1.48. The van der Waals surface area contributed by atoms with E-state index in [1.54, 1.807) is 24.3 Å². The Balaban J connectivity index is 2.97. The fourth-order valence-electron chi connectivity index (χ4n) is 2.06. The lowest BCUT2D eigenvalue weighted by atomic mass is 10.1. The van der Waals surface area contributed by atoms with Gasteiger partial charge in [-0.25, -0.2) is 4.79 Å². The molecule has 1 aromatic rings. The van der Waals surface area contributed by atoms with Gasteiger partial charge in [0.25, 0.3) is 0 Å². The van der Waals surface area contributed by atoms with Crippen LogP contribution in [0.5, 0.6) is 11.5 Å². The van der Waals surface area contributed by atoms with E-state index in [1.807, 2.05) is 13.8 Å². The zero-order chi connectivity index (χ0) is 17.2. The van der Waals surface area contributed by atoms with Crippen molar-refractivity contribution in [2.75, 3.05) is 7.11 Å². The van der Waals surface area contributed by atoms with Crippen LogP contribution in [0.25, 0.3) is 6.08 Å². The first-order chi connectivity index (χ1) is 11.0. The van der Waals surface area contributed by atoms with Gasteiger partial charge in [-0.15, -0.1) is 0 Å². The molecule has 126 valence electrons. The van der Waals surface area contributed by atoms with Crippen LogP contribution in [0, 0.1) is 0 Å². The van der Waals surface area contributed by atoms with E-state index >= 15 is 0 Å². The molecule has 0 heterocycles. The summed E-state index contributed by atoms with van der Waals surface area (Å²) < 4.78 is 10.5. The van der Waals surface area contributed by atoms with Crippen molar-refractivity contribution in [2.45, 2.75) is 46.0 Å². The number of unbranched alkanes of at least 4 members (excludes halogenated alkanes) is 1. The van der Waals surface area contributed by atoms with E-state index < -0.39 is 5.97 Å². The predicted molar refractivity (Wildman–Crippen MR) is 88.7 cm³/mol. The fourth-order valence-corrected chi connectivity index (χ4v) is 2.06. The number of hydrogen-bond donors (Lipinski definition) is 1. The Labute approximate surface area is 136 Å². The first kappa shape index (κ1) is 18.7. The van der Waals surface area contributed by atoms with Gasteiger partial charge in [-0.2, -0.15) is 0 Å². The lowest BCUT2D eigenvalue weighted by molar-refractivity contribution is -0.135. The Kier molecular flexibility index (Phi) is 7.88. The monoisotopic (exact) mass is 320 g/mol. The summed E-state index contributed by atoms with van der Waals surface area (Å²) >= 11 is 0. The van der Waals surface area contributed by atoms with Crippen LogP contribution < -0.4 is 9.47 Å². The van der Waals surface area contributed by atoms with Gasteiger partial charge in [0.15, 0.2) is 11.5 Å². The summed E-state index contributed by atoms with van der Waals surface area (Å²) in [5, 5.41) is 9.18. The Morgan fingerprint density at radius 3 is 2.43 bits per heavy atom. The highest BCUT2D eigenvalue weighted by molar-refractivity contribution is 5.92. The highest BCUT2D eigenvalue weighted by atomic mass is 16.6. The second-order valence-corrected chi connectivity index (χ2v) is 5.21. The number of esters is 1. The number of aliphatic carboxylic acids is 1. The summed E-state index contributed by atoms with van der Waals surface area (Å²) in [6, 6.07) is 5.00. The highest BCUT2D eigenvalue weighted by Crippen LogP contribution is 2.29. The molecule has 0 fully saturated rings. The van der Waals surface area contributed by atoms with Crippen LogP contribution in [-0.4, -0.2) is 24.2 Å². The maximum Gasteiger partial charge on any atom is 0.331 e. The van der Waals surface area contributed by atoms with Crippen LogP contribution in [0.15, 0.2) is 23.8 Å². The summed E-state index contributed by atoms with van der Waals surface area (Å²) in [5.74, 6) is -0.477. The number of carboxylic acid groups (broad SMARTS) is 1. The molecule has 0 aliphatic rings. The van der Waals surface area contributed by atoms with Gasteiger partial charge in [0.2, 0.25) is 0 Å². The zero-order valence-corrected chi connectivity index (χ0v) is 13.9. The summed E-state index contributed by atoms with van der Waals surface area (Å²) in [6.07, 6.45) is 4.91. The molecule has 5 heteroatoms. The normalized spacial score (nSPS) is 11.2. The van der Waals surface area contributed by atoms with Crippen molar-refractivity contribution in [3.8, 4) is 11.5 Å². The number of rotatable bonds is 9. The maximum absolute atomic E-state index is 11.7.